The van der Waals surface area contributed by atoms with E-state index < -0.39 is 40.1 Å². The predicted molar refractivity (Wildman–Crippen MR) is 70.2 cm³/mol. The van der Waals surface area contributed by atoms with Gasteiger partial charge in [-0.1, -0.05) is 19.4 Å². The van der Waals surface area contributed by atoms with Crippen LogP contribution in [0.5, 0.6) is 0 Å². The first-order chi connectivity index (χ1) is 10.3. The second-order valence-electron chi connectivity index (χ2n) is 4.40. The van der Waals surface area contributed by atoms with E-state index in [9.17, 15) is 34.8 Å². The molecule has 0 radical (unpaired) electrons. The van der Waals surface area contributed by atoms with Crippen molar-refractivity contribution in [2.45, 2.75) is 43.3 Å². The quantitative estimate of drug-likeness (QED) is 0.609. The molecule has 0 saturated carbocycles. The van der Waals surface area contributed by atoms with Crippen molar-refractivity contribution < 1.29 is 39.3 Å². The van der Waals surface area contributed by atoms with Gasteiger partial charge in [-0.3, -0.25) is 9.54 Å². The molecule has 0 unspecified atom stereocenters. The van der Waals surface area contributed by atoms with Gasteiger partial charge in [0.25, 0.3) is 0 Å². The van der Waals surface area contributed by atoms with Gasteiger partial charge < -0.3 is 0 Å². The highest BCUT2D eigenvalue weighted by Gasteiger charge is 2.76. The highest BCUT2D eigenvalue weighted by atomic mass is 32.2. The molecule has 0 aliphatic carbocycles. The Labute approximate surface area is 129 Å². The molecular weight excluding hydrogens is 352 g/mol. The van der Waals surface area contributed by atoms with Crippen LogP contribution in [0.15, 0.2) is 30.6 Å². The Morgan fingerprint density at radius 3 is 1.74 bits per heavy atom. The number of unbranched alkanes of at least 4 members (excludes halogenated alkanes) is 1. The third-order valence-electron chi connectivity index (χ3n) is 2.56. The van der Waals surface area contributed by atoms with Crippen molar-refractivity contribution in [3.8, 4) is 0 Å². The second-order valence-corrected chi connectivity index (χ2v) is 5.86. The van der Waals surface area contributed by atoms with Crippen LogP contribution < -0.4 is 0 Å². The lowest BCUT2D eigenvalue weighted by Gasteiger charge is -2.30. The highest BCUT2D eigenvalue weighted by Crippen LogP contribution is 2.49. The van der Waals surface area contributed by atoms with Gasteiger partial charge in [-0.2, -0.15) is 34.8 Å². The fourth-order valence-electron chi connectivity index (χ4n) is 1.24. The van der Waals surface area contributed by atoms with Gasteiger partial charge in [-0.25, -0.2) is 0 Å². The molecule has 134 valence electrons. The maximum Gasteiger partial charge on any atom is 0.437 e. The molecule has 1 rings (SSSR count). The molecule has 0 saturated heterocycles. The van der Waals surface area contributed by atoms with Gasteiger partial charge in [0.05, 0.1) is 0 Å². The zero-order valence-corrected chi connectivity index (χ0v) is 12.7. The lowest BCUT2D eigenvalue weighted by molar-refractivity contribution is -0.282. The van der Waals surface area contributed by atoms with Crippen molar-refractivity contribution >= 4 is 10.1 Å². The third-order valence-corrected chi connectivity index (χ3v) is 3.46. The first-order valence-corrected chi connectivity index (χ1v) is 7.70. The summed E-state index contributed by atoms with van der Waals surface area (Å²) in [5.41, 5.74) is 0. The minimum Gasteiger partial charge on any atom is -0.281 e. The summed E-state index contributed by atoms with van der Waals surface area (Å²) in [6.45, 7) is 1.36. The van der Waals surface area contributed by atoms with Gasteiger partial charge in [0.15, 0.2) is 0 Å². The highest BCUT2D eigenvalue weighted by molar-refractivity contribution is 7.87. The number of rotatable bonds is 6. The molecular formula is C12H15F6NO3S. The largest absolute Gasteiger partial charge is 0.437 e. The Kier molecular flexibility index (Phi) is 7.48. The van der Waals surface area contributed by atoms with Gasteiger partial charge in [0.1, 0.15) is 0 Å². The van der Waals surface area contributed by atoms with Gasteiger partial charge in [0, 0.05) is 18.8 Å². The third kappa shape index (κ3) is 5.34. The molecule has 1 aromatic rings. The van der Waals surface area contributed by atoms with Crippen molar-refractivity contribution in [1.82, 2.24) is 4.98 Å². The van der Waals surface area contributed by atoms with Crippen LogP contribution in [0.2, 0.25) is 0 Å². The summed E-state index contributed by atoms with van der Waals surface area (Å²) in [5, 5.41) is -6.24. The molecule has 0 aliphatic heterocycles. The molecule has 0 fully saturated rings. The van der Waals surface area contributed by atoms with Gasteiger partial charge in [-0.05, 0) is 18.6 Å². The minimum atomic E-state index is -6.63. The summed E-state index contributed by atoms with van der Waals surface area (Å²) in [6.07, 6.45) is 1.43. The van der Waals surface area contributed by atoms with Crippen LogP contribution in [0.4, 0.5) is 26.3 Å². The zero-order valence-electron chi connectivity index (χ0n) is 11.9. The molecule has 11 heteroatoms. The van der Waals surface area contributed by atoms with E-state index in [1.807, 2.05) is 18.2 Å². The summed E-state index contributed by atoms with van der Waals surface area (Å²) in [7, 11) is -6.63. The number of hydrogen-bond acceptors (Lipinski definition) is 3. The summed E-state index contributed by atoms with van der Waals surface area (Å²) in [6, 6.07) is 5.72. The normalized spacial score (nSPS) is 13.2. The van der Waals surface area contributed by atoms with E-state index in [4.69, 9.17) is 4.55 Å². The van der Waals surface area contributed by atoms with Crippen LogP contribution in [0.25, 0.3) is 0 Å². The molecule has 1 N–H and O–H groups in total. The Hall–Kier alpha value is -1.36. The maximum atomic E-state index is 12.8. The van der Waals surface area contributed by atoms with Crippen molar-refractivity contribution in [1.29, 1.82) is 0 Å². The summed E-state index contributed by atoms with van der Waals surface area (Å²) >= 11 is 0. The number of pyridine rings is 1. The molecule has 1 heterocycles. The number of hydrogen-bond donors (Lipinski definition) is 1. The van der Waals surface area contributed by atoms with Crippen LogP contribution >= 0.6 is 0 Å². The van der Waals surface area contributed by atoms with Crippen molar-refractivity contribution in [2.75, 3.05) is 0 Å². The van der Waals surface area contributed by atoms with Crippen molar-refractivity contribution in [2.24, 2.45) is 0 Å². The first-order valence-electron chi connectivity index (χ1n) is 6.26. The minimum absolute atomic E-state index is 0.0309. The Morgan fingerprint density at radius 2 is 1.48 bits per heavy atom. The Morgan fingerprint density at radius 1 is 1.00 bits per heavy atom. The molecule has 1 aromatic heterocycles. The smallest absolute Gasteiger partial charge is 0.281 e. The molecule has 0 aliphatic rings. The van der Waals surface area contributed by atoms with E-state index in [2.05, 4.69) is 4.98 Å². The van der Waals surface area contributed by atoms with E-state index in [1.54, 1.807) is 12.4 Å². The number of aromatic nitrogens is 1. The van der Waals surface area contributed by atoms with Gasteiger partial charge >= 0.3 is 27.2 Å². The standard InChI is InChI=1S/C7H10F6O3S.C5H5N/c1-2-3-4-5(8,9)6(10,11)7(12,13)17(14,15)16;1-2-4-6-5-3-1/h2-4H2,1H3,(H,14,15,16);1-5H. The molecule has 0 amide bonds. The average Bonchev–Trinajstić information content (AvgIpc) is 2.46. The van der Waals surface area contributed by atoms with Gasteiger partial charge in [-0.15, -0.1) is 0 Å². The molecule has 0 spiro atoms. The lowest BCUT2D eigenvalue weighted by Crippen LogP contribution is -2.57. The number of halogens is 6. The number of nitrogens with zero attached hydrogens (tertiary/aromatic N) is 1. The summed E-state index contributed by atoms with van der Waals surface area (Å²) in [4.78, 5) is 3.78. The van der Waals surface area contributed by atoms with Crippen molar-refractivity contribution in [3.63, 3.8) is 0 Å². The fourth-order valence-corrected chi connectivity index (χ4v) is 1.72. The topological polar surface area (TPSA) is 67.3 Å². The molecule has 0 bridgehead atoms. The van der Waals surface area contributed by atoms with Crippen LogP contribution in [-0.4, -0.2) is 35.1 Å². The molecule has 4 nitrogen and oxygen atoms in total. The Balaban J connectivity index is 0.000000664. The van der Waals surface area contributed by atoms with Gasteiger partial charge in [0.2, 0.25) is 0 Å². The van der Waals surface area contributed by atoms with E-state index in [-0.39, 0.29) is 6.42 Å². The number of alkyl halides is 6. The Bertz CT molecular complexity index is 539. The summed E-state index contributed by atoms with van der Waals surface area (Å²) in [5.74, 6) is -11.4. The van der Waals surface area contributed by atoms with E-state index in [0.717, 1.165) is 0 Å². The molecule has 0 atom stereocenters. The van der Waals surface area contributed by atoms with Crippen LogP contribution in [0.3, 0.4) is 0 Å². The van der Waals surface area contributed by atoms with Crippen LogP contribution in [0, 0.1) is 0 Å². The lowest BCUT2D eigenvalue weighted by atomic mass is 10.1. The predicted octanol–water partition coefficient (Wildman–Crippen LogP) is 4.01. The van der Waals surface area contributed by atoms with Crippen LogP contribution in [0.1, 0.15) is 26.2 Å². The van der Waals surface area contributed by atoms with Crippen molar-refractivity contribution in [3.05, 3.63) is 30.6 Å². The fraction of sp³-hybridized carbons (Fsp3) is 0.583. The zero-order chi connectivity index (χ0) is 18.4. The summed E-state index contributed by atoms with van der Waals surface area (Å²) < 4.78 is 104. The second kappa shape index (κ2) is 7.95. The monoisotopic (exact) mass is 367 g/mol. The van der Waals surface area contributed by atoms with E-state index in [0.29, 0.717) is 0 Å². The molecule has 23 heavy (non-hydrogen) atoms. The maximum absolute atomic E-state index is 12.8. The average molecular weight is 367 g/mol. The first kappa shape index (κ1) is 21.6. The molecule has 0 aromatic carbocycles. The van der Waals surface area contributed by atoms with E-state index >= 15 is 0 Å². The SMILES string of the molecule is CCCCC(F)(F)C(F)(F)C(F)(F)S(=O)(=O)O.c1ccncc1. The van der Waals surface area contributed by atoms with Crippen LogP contribution in [-0.2, 0) is 10.1 Å². The van der Waals surface area contributed by atoms with E-state index in [1.165, 1.54) is 6.92 Å².